The number of piperazine rings is 1. The van der Waals surface area contributed by atoms with Crippen LogP contribution in [0, 0.1) is 0 Å². The molecule has 1 amide bonds. The lowest BCUT2D eigenvalue weighted by Gasteiger charge is -2.36. The zero-order valence-electron chi connectivity index (χ0n) is 17.4. The number of carbonyl (C=O) groups excluding carboxylic acids is 1. The highest BCUT2D eigenvalue weighted by Gasteiger charge is 2.20. The molecule has 0 saturated carbocycles. The second-order valence-electron chi connectivity index (χ2n) is 7.13. The third kappa shape index (κ3) is 5.87. The molecule has 1 fully saturated rings. The van der Waals surface area contributed by atoms with Gasteiger partial charge in [0.1, 0.15) is 11.5 Å². The Hall–Kier alpha value is -2.73. The molecule has 6 nitrogen and oxygen atoms in total. The lowest BCUT2D eigenvalue weighted by atomic mass is 10.1. The molecule has 1 N–H and O–H groups in total. The highest BCUT2D eigenvalue weighted by atomic mass is 16.5. The van der Waals surface area contributed by atoms with Crippen molar-refractivity contribution in [2.45, 2.75) is 12.8 Å². The Morgan fingerprint density at radius 2 is 1.66 bits per heavy atom. The van der Waals surface area contributed by atoms with Crippen LogP contribution in [0.25, 0.3) is 0 Å². The molecule has 0 atom stereocenters. The monoisotopic (exact) mass is 397 g/mol. The first-order valence-corrected chi connectivity index (χ1v) is 10.2. The number of amides is 1. The third-order valence-electron chi connectivity index (χ3n) is 5.35. The normalized spacial score (nSPS) is 14.0. The lowest BCUT2D eigenvalue weighted by Crippen LogP contribution is -2.49. The van der Waals surface area contributed by atoms with Crippen LogP contribution in [-0.4, -0.2) is 64.3 Å². The third-order valence-corrected chi connectivity index (χ3v) is 5.35. The number of methoxy groups -OCH3 is 2. The SMILES string of the molecule is COc1ccc(N2CCN(C(=O)CCNCCc3ccccc3OC)CC2)cc1. The van der Waals surface area contributed by atoms with Crippen molar-refractivity contribution >= 4 is 11.6 Å². The van der Waals surface area contributed by atoms with Crippen LogP contribution in [0.3, 0.4) is 0 Å². The summed E-state index contributed by atoms with van der Waals surface area (Å²) in [4.78, 5) is 16.8. The largest absolute Gasteiger partial charge is 0.497 e. The van der Waals surface area contributed by atoms with Gasteiger partial charge in [-0.25, -0.2) is 0 Å². The molecule has 0 spiro atoms. The van der Waals surface area contributed by atoms with Gasteiger partial charge >= 0.3 is 0 Å². The van der Waals surface area contributed by atoms with Gasteiger partial charge in [0.15, 0.2) is 0 Å². The molecule has 156 valence electrons. The summed E-state index contributed by atoms with van der Waals surface area (Å²) in [5.41, 5.74) is 2.36. The van der Waals surface area contributed by atoms with Gasteiger partial charge in [-0.1, -0.05) is 18.2 Å². The van der Waals surface area contributed by atoms with Crippen molar-refractivity contribution in [2.24, 2.45) is 0 Å². The van der Waals surface area contributed by atoms with Crippen molar-refractivity contribution in [3.05, 3.63) is 54.1 Å². The summed E-state index contributed by atoms with van der Waals surface area (Å²) >= 11 is 0. The Labute approximate surface area is 173 Å². The minimum atomic E-state index is 0.226. The molecule has 0 aromatic heterocycles. The van der Waals surface area contributed by atoms with Crippen LogP contribution in [0.15, 0.2) is 48.5 Å². The van der Waals surface area contributed by atoms with Gasteiger partial charge in [-0.3, -0.25) is 4.79 Å². The van der Waals surface area contributed by atoms with Crippen molar-refractivity contribution < 1.29 is 14.3 Å². The van der Waals surface area contributed by atoms with E-state index in [0.29, 0.717) is 13.0 Å². The number of hydrogen-bond donors (Lipinski definition) is 1. The van der Waals surface area contributed by atoms with Gasteiger partial charge in [0.2, 0.25) is 5.91 Å². The maximum Gasteiger partial charge on any atom is 0.223 e. The van der Waals surface area contributed by atoms with Crippen LogP contribution in [0.1, 0.15) is 12.0 Å². The van der Waals surface area contributed by atoms with E-state index >= 15 is 0 Å². The van der Waals surface area contributed by atoms with Crippen molar-refractivity contribution in [1.82, 2.24) is 10.2 Å². The average molecular weight is 398 g/mol. The molecule has 0 bridgehead atoms. The van der Waals surface area contributed by atoms with E-state index in [9.17, 15) is 4.79 Å². The van der Waals surface area contributed by atoms with Crippen molar-refractivity contribution in [1.29, 1.82) is 0 Å². The van der Waals surface area contributed by atoms with Crippen molar-refractivity contribution in [3.8, 4) is 11.5 Å². The average Bonchev–Trinajstić information content (AvgIpc) is 2.79. The predicted molar refractivity (Wildman–Crippen MR) is 116 cm³/mol. The van der Waals surface area contributed by atoms with Gasteiger partial charge in [-0.05, 0) is 48.9 Å². The van der Waals surface area contributed by atoms with Crippen molar-refractivity contribution in [2.75, 3.05) is 58.4 Å². The maximum atomic E-state index is 12.5. The molecule has 2 aromatic rings. The molecular formula is C23H31N3O3. The molecule has 2 aromatic carbocycles. The first-order chi connectivity index (χ1) is 14.2. The second kappa shape index (κ2) is 10.7. The molecule has 1 aliphatic rings. The number of benzene rings is 2. The molecule has 1 heterocycles. The van der Waals surface area contributed by atoms with Gasteiger partial charge in [0.25, 0.3) is 0 Å². The van der Waals surface area contributed by atoms with Crippen LogP contribution in [0.5, 0.6) is 11.5 Å². The first-order valence-electron chi connectivity index (χ1n) is 10.2. The summed E-state index contributed by atoms with van der Waals surface area (Å²) in [6.45, 7) is 4.79. The number of carbonyl (C=O) groups is 1. The Morgan fingerprint density at radius 3 is 2.34 bits per heavy atom. The molecule has 0 unspecified atom stereocenters. The Balaban J connectivity index is 1.34. The maximum absolute atomic E-state index is 12.5. The number of anilines is 1. The highest BCUT2D eigenvalue weighted by Crippen LogP contribution is 2.20. The fourth-order valence-electron chi connectivity index (χ4n) is 3.62. The van der Waals surface area contributed by atoms with Gasteiger partial charge in [0, 0.05) is 44.8 Å². The van der Waals surface area contributed by atoms with Gasteiger partial charge < -0.3 is 24.6 Å². The number of rotatable bonds is 9. The van der Waals surface area contributed by atoms with Crippen molar-refractivity contribution in [3.63, 3.8) is 0 Å². The second-order valence-corrected chi connectivity index (χ2v) is 7.13. The van der Waals surface area contributed by atoms with Crippen LogP contribution >= 0.6 is 0 Å². The molecular weight excluding hydrogens is 366 g/mol. The Bertz CT molecular complexity index is 771. The summed E-state index contributed by atoms with van der Waals surface area (Å²) in [5.74, 6) is 2.00. The summed E-state index contributed by atoms with van der Waals surface area (Å²) < 4.78 is 10.6. The fourth-order valence-corrected chi connectivity index (χ4v) is 3.62. The van der Waals surface area contributed by atoms with E-state index in [4.69, 9.17) is 9.47 Å². The highest BCUT2D eigenvalue weighted by molar-refractivity contribution is 5.76. The number of nitrogens with zero attached hydrogens (tertiary/aromatic N) is 2. The fraction of sp³-hybridized carbons (Fsp3) is 0.435. The zero-order chi connectivity index (χ0) is 20.5. The molecule has 29 heavy (non-hydrogen) atoms. The number of para-hydroxylation sites is 1. The quantitative estimate of drug-likeness (QED) is 0.659. The van der Waals surface area contributed by atoms with E-state index < -0.39 is 0 Å². The van der Waals surface area contributed by atoms with Crippen LogP contribution in [0.2, 0.25) is 0 Å². The Morgan fingerprint density at radius 1 is 0.931 bits per heavy atom. The number of nitrogens with one attached hydrogen (secondary N) is 1. The van der Waals surface area contributed by atoms with E-state index in [1.54, 1.807) is 14.2 Å². The standard InChI is InChI=1S/C23H31N3O3/c1-28-21-9-7-20(8-10-21)25-15-17-26(18-16-25)23(27)12-14-24-13-11-19-5-3-4-6-22(19)29-2/h3-10,24H,11-18H2,1-2H3. The Kier molecular flexibility index (Phi) is 7.76. The minimum Gasteiger partial charge on any atom is -0.497 e. The molecule has 1 saturated heterocycles. The van der Waals surface area contributed by atoms with Gasteiger partial charge in [-0.15, -0.1) is 0 Å². The van der Waals surface area contributed by atoms with E-state index in [1.807, 2.05) is 35.2 Å². The summed E-state index contributed by atoms with van der Waals surface area (Å²) in [5, 5.41) is 3.38. The summed E-state index contributed by atoms with van der Waals surface area (Å²) in [6.07, 6.45) is 1.42. The number of ether oxygens (including phenoxy) is 2. The van der Waals surface area contributed by atoms with E-state index in [-0.39, 0.29) is 5.91 Å². The lowest BCUT2D eigenvalue weighted by molar-refractivity contribution is -0.131. The first kappa shape index (κ1) is 21.0. The molecule has 6 heteroatoms. The molecule has 3 rings (SSSR count). The summed E-state index contributed by atoms with van der Waals surface area (Å²) in [6, 6.07) is 16.1. The topological polar surface area (TPSA) is 54.0 Å². The summed E-state index contributed by atoms with van der Waals surface area (Å²) in [7, 11) is 3.37. The molecule has 1 aliphatic heterocycles. The smallest absolute Gasteiger partial charge is 0.223 e. The van der Waals surface area contributed by atoms with Crippen LogP contribution in [0.4, 0.5) is 5.69 Å². The minimum absolute atomic E-state index is 0.226. The molecule has 0 aliphatic carbocycles. The van der Waals surface area contributed by atoms with Crippen LogP contribution < -0.4 is 19.7 Å². The van der Waals surface area contributed by atoms with E-state index in [0.717, 1.165) is 50.6 Å². The molecule has 0 radical (unpaired) electrons. The van der Waals surface area contributed by atoms with Crippen LogP contribution in [-0.2, 0) is 11.2 Å². The van der Waals surface area contributed by atoms with Gasteiger partial charge in [0.05, 0.1) is 14.2 Å². The predicted octanol–water partition coefficient (Wildman–Crippen LogP) is 2.57. The van der Waals surface area contributed by atoms with E-state index in [2.05, 4.69) is 28.4 Å². The zero-order valence-corrected chi connectivity index (χ0v) is 17.4. The number of hydrogen-bond acceptors (Lipinski definition) is 5. The van der Waals surface area contributed by atoms with Gasteiger partial charge in [-0.2, -0.15) is 0 Å². The van der Waals surface area contributed by atoms with E-state index in [1.165, 1.54) is 11.3 Å².